The van der Waals surface area contributed by atoms with E-state index in [1.165, 1.54) is 4.90 Å². The van der Waals surface area contributed by atoms with E-state index in [9.17, 15) is 4.79 Å². The molecule has 4 heteroatoms. The van der Waals surface area contributed by atoms with Gasteiger partial charge in [-0.25, -0.2) is 0 Å². The third kappa shape index (κ3) is 2.52. The number of nitrogens with zero attached hydrogens (tertiary/aromatic N) is 2. The molecular formula is C14H19N3O. The van der Waals surface area contributed by atoms with Crippen LogP contribution in [0.5, 0.6) is 0 Å². The summed E-state index contributed by atoms with van der Waals surface area (Å²) in [5.41, 5.74) is 6.31. The topological polar surface area (TPSA) is 70.1 Å². The molecule has 2 N–H and O–H groups in total. The Morgan fingerprint density at radius 2 is 1.94 bits per heavy atom. The molecule has 1 amide bonds. The minimum Gasteiger partial charge on any atom is -0.317 e. The van der Waals surface area contributed by atoms with Crippen LogP contribution in [0.4, 0.5) is 5.69 Å². The Bertz CT molecular complexity index is 472. The number of rotatable bonds is 4. The van der Waals surface area contributed by atoms with E-state index in [4.69, 9.17) is 11.0 Å². The first kappa shape index (κ1) is 14.2. The predicted octanol–water partition coefficient (Wildman–Crippen LogP) is 2.04. The fourth-order valence-corrected chi connectivity index (χ4v) is 1.86. The molecule has 1 rings (SSSR count). The first-order chi connectivity index (χ1) is 8.50. The molecule has 0 heterocycles. The number of amides is 1. The normalized spacial score (nSPS) is 10.8. The van der Waals surface area contributed by atoms with Crippen molar-refractivity contribution in [3.63, 3.8) is 0 Å². The maximum Gasteiger partial charge on any atom is 0.246 e. The zero-order chi connectivity index (χ0) is 13.8. The predicted molar refractivity (Wildman–Crippen MR) is 72.1 cm³/mol. The van der Waals surface area contributed by atoms with Crippen molar-refractivity contribution in [3.8, 4) is 6.07 Å². The van der Waals surface area contributed by atoms with Crippen LogP contribution in [0.2, 0.25) is 0 Å². The van der Waals surface area contributed by atoms with E-state index in [1.54, 1.807) is 31.3 Å². The smallest absolute Gasteiger partial charge is 0.246 e. The summed E-state index contributed by atoms with van der Waals surface area (Å²) in [5.74, 6) is -0.157. The number of likely N-dealkylation sites (N-methyl/N-ethyl adjacent to an activating group) is 1. The quantitative estimate of drug-likeness (QED) is 0.882. The highest BCUT2D eigenvalue weighted by Gasteiger charge is 2.33. The standard InChI is InChI=1S/C14H19N3O/c1-4-14(16,5-2)13(18)17(3)12-9-7-6-8-11(12)10-15/h6-9H,4-5,16H2,1-3H3. The lowest BCUT2D eigenvalue weighted by molar-refractivity contribution is -0.123. The maximum atomic E-state index is 12.4. The van der Waals surface area contributed by atoms with Crippen molar-refractivity contribution in [1.29, 1.82) is 5.26 Å². The van der Waals surface area contributed by atoms with Crippen molar-refractivity contribution in [3.05, 3.63) is 29.8 Å². The number of nitriles is 1. The molecule has 0 radical (unpaired) electrons. The highest BCUT2D eigenvalue weighted by Crippen LogP contribution is 2.23. The highest BCUT2D eigenvalue weighted by atomic mass is 16.2. The van der Waals surface area contributed by atoms with Crippen molar-refractivity contribution in [2.75, 3.05) is 11.9 Å². The van der Waals surface area contributed by atoms with Gasteiger partial charge in [0.1, 0.15) is 6.07 Å². The largest absolute Gasteiger partial charge is 0.317 e. The van der Waals surface area contributed by atoms with Crippen LogP contribution in [0, 0.1) is 11.3 Å². The first-order valence-electron chi connectivity index (χ1n) is 6.06. The number of hydrogen-bond acceptors (Lipinski definition) is 3. The highest BCUT2D eigenvalue weighted by molar-refractivity contribution is 6.00. The van der Waals surface area contributed by atoms with E-state index in [0.29, 0.717) is 24.1 Å². The van der Waals surface area contributed by atoms with E-state index in [2.05, 4.69) is 6.07 Å². The molecule has 96 valence electrons. The number of nitrogens with two attached hydrogens (primary N) is 1. The summed E-state index contributed by atoms with van der Waals surface area (Å²) < 4.78 is 0. The average molecular weight is 245 g/mol. The fourth-order valence-electron chi connectivity index (χ4n) is 1.86. The molecule has 0 saturated heterocycles. The van der Waals surface area contributed by atoms with Gasteiger partial charge in [0.2, 0.25) is 5.91 Å². The summed E-state index contributed by atoms with van der Waals surface area (Å²) in [5, 5.41) is 9.05. The Hall–Kier alpha value is -1.86. The molecule has 4 nitrogen and oxygen atoms in total. The van der Waals surface area contributed by atoms with Gasteiger partial charge >= 0.3 is 0 Å². The van der Waals surface area contributed by atoms with Crippen LogP contribution in [-0.4, -0.2) is 18.5 Å². The Kier molecular flexibility index (Phi) is 4.46. The SMILES string of the molecule is CCC(N)(CC)C(=O)N(C)c1ccccc1C#N. The molecule has 0 atom stereocenters. The second-order valence-electron chi connectivity index (χ2n) is 4.36. The zero-order valence-corrected chi connectivity index (χ0v) is 11.1. The lowest BCUT2D eigenvalue weighted by atomic mass is 9.92. The summed E-state index contributed by atoms with van der Waals surface area (Å²) in [7, 11) is 1.66. The molecule has 0 aromatic heterocycles. The third-order valence-electron chi connectivity index (χ3n) is 3.38. The molecule has 18 heavy (non-hydrogen) atoms. The Balaban J connectivity index is 3.12. The molecule has 0 spiro atoms. The summed E-state index contributed by atoms with van der Waals surface area (Å²) >= 11 is 0. The second kappa shape index (κ2) is 5.65. The van der Waals surface area contributed by atoms with E-state index in [0.717, 1.165) is 0 Å². The minimum atomic E-state index is -0.864. The molecule has 0 aliphatic heterocycles. The van der Waals surface area contributed by atoms with Gasteiger partial charge in [0.15, 0.2) is 0 Å². The minimum absolute atomic E-state index is 0.157. The molecule has 0 saturated carbocycles. The molecule has 0 aliphatic rings. The van der Waals surface area contributed by atoms with Gasteiger partial charge in [-0.3, -0.25) is 4.79 Å². The lowest BCUT2D eigenvalue weighted by Gasteiger charge is -2.31. The number of hydrogen-bond donors (Lipinski definition) is 1. The third-order valence-corrected chi connectivity index (χ3v) is 3.38. The summed E-state index contributed by atoms with van der Waals surface area (Å²) in [6, 6.07) is 9.10. The second-order valence-corrected chi connectivity index (χ2v) is 4.36. The molecule has 0 bridgehead atoms. The van der Waals surface area contributed by atoms with Crippen LogP contribution in [0.25, 0.3) is 0 Å². The Morgan fingerprint density at radius 3 is 2.44 bits per heavy atom. The van der Waals surface area contributed by atoms with Crippen molar-refractivity contribution in [2.24, 2.45) is 5.73 Å². The van der Waals surface area contributed by atoms with Crippen LogP contribution in [0.1, 0.15) is 32.3 Å². The molecule has 0 fully saturated rings. The van der Waals surface area contributed by atoms with Gasteiger partial charge in [0.05, 0.1) is 16.8 Å². The van der Waals surface area contributed by atoms with Crippen LogP contribution in [0.15, 0.2) is 24.3 Å². The van der Waals surface area contributed by atoms with Crippen molar-refractivity contribution >= 4 is 11.6 Å². The van der Waals surface area contributed by atoms with Gasteiger partial charge in [-0.15, -0.1) is 0 Å². The number of carbonyl (C=O) groups is 1. The van der Waals surface area contributed by atoms with Gasteiger partial charge < -0.3 is 10.6 Å². The van der Waals surface area contributed by atoms with Crippen molar-refractivity contribution < 1.29 is 4.79 Å². The molecule has 1 aromatic rings. The van der Waals surface area contributed by atoms with Crippen LogP contribution in [0.3, 0.4) is 0 Å². The van der Waals surface area contributed by atoms with Gasteiger partial charge in [0.25, 0.3) is 0 Å². The number of para-hydroxylation sites is 1. The Morgan fingerprint density at radius 1 is 1.39 bits per heavy atom. The van der Waals surface area contributed by atoms with Crippen LogP contribution >= 0.6 is 0 Å². The summed E-state index contributed by atoms with van der Waals surface area (Å²) in [6.07, 6.45) is 1.14. The lowest BCUT2D eigenvalue weighted by Crippen LogP contribution is -2.53. The number of carbonyl (C=O) groups excluding carboxylic acids is 1. The monoisotopic (exact) mass is 245 g/mol. The molecular weight excluding hydrogens is 226 g/mol. The van der Waals surface area contributed by atoms with Gasteiger partial charge in [-0.1, -0.05) is 26.0 Å². The van der Waals surface area contributed by atoms with Gasteiger partial charge in [-0.05, 0) is 25.0 Å². The number of benzene rings is 1. The molecule has 0 aliphatic carbocycles. The molecule has 1 aromatic carbocycles. The zero-order valence-electron chi connectivity index (χ0n) is 11.1. The van der Waals surface area contributed by atoms with E-state index in [1.807, 2.05) is 13.8 Å². The molecule has 0 unspecified atom stereocenters. The van der Waals surface area contributed by atoms with Gasteiger partial charge in [0, 0.05) is 7.05 Å². The maximum absolute atomic E-state index is 12.4. The van der Waals surface area contributed by atoms with Gasteiger partial charge in [-0.2, -0.15) is 5.26 Å². The van der Waals surface area contributed by atoms with Crippen LogP contribution in [-0.2, 0) is 4.79 Å². The first-order valence-corrected chi connectivity index (χ1v) is 6.06. The number of anilines is 1. The van der Waals surface area contributed by atoms with Crippen molar-refractivity contribution in [1.82, 2.24) is 0 Å². The Labute approximate surface area is 108 Å². The average Bonchev–Trinajstić information content (AvgIpc) is 2.44. The van der Waals surface area contributed by atoms with E-state index >= 15 is 0 Å². The van der Waals surface area contributed by atoms with Crippen LogP contribution < -0.4 is 10.6 Å². The summed E-state index contributed by atoms with van der Waals surface area (Å²) in [4.78, 5) is 13.9. The fraction of sp³-hybridized carbons (Fsp3) is 0.429. The summed E-state index contributed by atoms with van der Waals surface area (Å²) in [6.45, 7) is 3.79. The van der Waals surface area contributed by atoms with E-state index < -0.39 is 5.54 Å². The van der Waals surface area contributed by atoms with E-state index in [-0.39, 0.29) is 5.91 Å². The van der Waals surface area contributed by atoms with Crippen molar-refractivity contribution in [2.45, 2.75) is 32.2 Å².